The van der Waals surface area contributed by atoms with Crippen molar-refractivity contribution in [1.29, 1.82) is 0 Å². The number of benzene rings is 2. The lowest BCUT2D eigenvalue weighted by atomic mass is 9.86. The Hall–Kier alpha value is -2.38. The average Bonchev–Trinajstić information content (AvgIpc) is 2.63. The number of rotatable bonds is 4. The van der Waals surface area contributed by atoms with Gasteiger partial charge >= 0.3 is 0 Å². The maximum atomic E-state index is 13.6. The number of nitrogens with one attached hydrogen (secondary N) is 2. The Labute approximate surface area is 168 Å². The molecule has 27 heavy (non-hydrogen) atoms. The Morgan fingerprint density at radius 1 is 1.37 bits per heavy atom. The molecule has 2 aromatic rings. The highest BCUT2D eigenvalue weighted by atomic mass is 79.9. The molecule has 2 amide bonds. The fraction of sp³-hybridized carbons (Fsp3) is 0.158. The van der Waals surface area contributed by atoms with Crippen molar-refractivity contribution < 1.29 is 18.7 Å². The fourth-order valence-corrected chi connectivity index (χ4v) is 3.65. The van der Waals surface area contributed by atoms with Gasteiger partial charge in [0.2, 0.25) is 5.91 Å². The van der Waals surface area contributed by atoms with Crippen LogP contribution >= 0.6 is 27.5 Å². The number of ether oxygens (including phenoxy) is 1. The molecule has 5 nitrogen and oxygen atoms in total. The van der Waals surface area contributed by atoms with Crippen LogP contribution in [0.4, 0.5) is 10.1 Å². The number of hydrogen-bond acceptors (Lipinski definition) is 3. The first kappa shape index (κ1) is 19.4. The number of amides is 2. The van der Waals surface area contributed by atoms with E-state index < -0.39 is 17.6 Å². The molecule has 8 heteroatoms. The van der Waals surface area contributed by atoms with Crippen LogP contribution in [0, 0.1) is 5.82 Å². The molecule has 0 aromatic heterocycles. The normalized spacial score (nSPS) is 16.4. The average molecular weight is 454 g/mol. The minimum atomic E-state index is -0.553. The predicted molar refractivity (Wildman–Crippen MR) is 104 cm³/mol. The summed E-state index contributed by atoms with van der Waals surface area (Å²) in [5.41, 5.74) is 1.33. The van der Waals surface area contributed by atoms with Crippen molar-refractivity contribution >= 4 is 45.0 Å². The van der Waals surface area contributed by atoms with Crippen LogP contribution in [-0.4, -0.2) is 18.9 Å². The summed E-state index contributed by atoms with van der Waals surface area (Å²) in [7, 11) is 1.47. The molecule has 1 aliphatic heterocycles. The van der Waals surface area contributed by atoms with E-state index in [4.69, 9.17) is 16.3 Å². The molecule has 1 unspecified atom stereocenters. The second-order valence-electron chi connectivity index (χ2n) is 5.90. The molecule has 0 bridgehead atoms. The lowest BCUT2D eigenvalue weighted by Gasteiger charge is -2.24. The largest absolute Gasteiger partial charge is 0.495 e. The molecule has 2 aromatic carbocycles. The summed E-state index contributed by atoms with van der Waals surface area (Å²) in [5.74, 6) is -1.24. The van der Waals surface area contributed by atoms with E-state index in [1.165, 1.54) is 25.4 Å². The van der Waals surface area contributed by atoms with E-state index in [9.17, 15) is 14.0 Å². The van der Waals surface area contributed by atoms with Crippen LogP contribution in [0.1, 0.15) is 17.9 Å². The summed E-state index contributed by atoms with van der Waals surface area (Å²) >= 11 is 9.41. The van der Waals surface area contributed by atoms with Crippen LogP contribution in [-0.2, 0) is 9.59 Å². The van der Waals surface area contributed by atoms with Gasteiger partial charge in [-0.1, -0.05) is 23.7 Å². The van der Waals surface area contributed by atoms with Crippen molar-refractivity contribution in [3.63, 3.8) is 0 Å². The molecule has 1 heterocycles. The standard InChI is InChI=1S/C19H15BrClFN2O3/c1-27-17-8-16(14(20)7-15(17)21)24-19(26)13-9-23-18(25)6-12(13)10-3-2-4-11(22)5-10/h2-5,7-9,12H,6H2,1H3,(H,23,25)(H,24,26). The van der Waals surface area contributed by atoms with Gasteiger partial charge in [0.25, 0.3) is 5.91 Å². The maximum Gasteiger partial charge on any atom is 0.253 e. The Morgan fingerprint density at radius 3 is 2.85 bits per heavy atom. The van der Waals surface area contributed by atoms with E-state index in [-0.39, 0.29) is 12.3 Å². The Morgan fingerprint density at radius 2 is 2.15 bits per heavy atom. The molecule has 3 rings (SSSR count). The predicted octanol–water partition coefficient (Wildman–Crippen LogP) is 4.38. The molecular formula is C19H15BrClFN2O3. The van der Waals surface area contributed by atoms with Gasteiger partial charge in [0.15, 0.2) is 0 Å². The molecule has 0 fully saturated rings. The first-order valence-corrected chi connectivity index (χ1v) is 9.15. The summed E-state index contributed by atoms with van der Waals surface area (Å²) in [6.07, 6.45) is 1.41. The van der Waals surface area contributed by atoms with Gasteiger partial charge in [-0.2, -0.15) is 0 Å². The van der Waals surface area contributed by atoms with Gasteiger partial charge in [-0.3, -0.25) is 9.59 Å². The summed E-state index contributed by atoms with van der Waals surface area (Å²) in [5, 5.41) is 5.71. The molecule has 0 saturated heterocycles. The van der Waals surface area contributed by atoms with E-state index in [2.05, 4.69) is 26.6 Å². The molecule has 0 aliphatic carbocycles. The highest BCUT2D eigenvalue weighted by Crippen LogP contribution is 2.36. The summed E-state index contributed by atoms with van der Waals surface area (Å²) in [4.78, 5) is 24.7. The van der Waals surface area contributed by atoms with Crippen LogP contribution in [0.25, 0.3) is 0 Å². The lowest BCUT2D eigenvalue weighted by Crippen LogP contribution is -2.32. The number of carbonyl (C=O) groups is 2. The second kappa shape index (κ2) is 8.10. The van der Waals surface area contributed by atoms with Crippen LogP contribution in [0.15, 0.2) is 52.6 Å². The maximum absolute atomic E-state index is 13.6. The smallest absolute Gasteiger partial charge is 0.253 e. The van der Waals surface area contributed by atoms with Crippen molar-refractivity contribution in [2.24, 2.45) is 0 Å². The molecule has 2 N–H and O–H groups in total. The Bertz CT molecular complexity index is 949. The van der Waals surface area contributed by atoms with Gasteiger partial charge in [0, 0.05) is 34.7 Å². The molecule has 140 valence electrons. The SMILES string of the molecule is COc1cc(NC(=O)C2=CNC(=O)CC2c2cccc(F)c2)c(Br)cc1Cl. The zero-order valence-corrected chi connectivity index (χ0v) is 16.5. The first-order valence-electron chi connectivity index (χ1n) is 7.98. The lowest BCUT2D eigenvalue weighted by molar-refractivity contribution is -0.121. The van der Waals surface area contributed by atoms with E-state index in [0.717, 1.165) is 0 Å². The van der Waals surface area contributed by atoms with Crippen LogP contribution in [0.5, 0.6) is 5.75 Å². The minimum Gasteiger partial charge on any atom is -0.495 e. The van der Waals surface area contributed by atoms with Crippen LogP contribution in [0.3, 0.4) is 0 Å². The van der Waals surface area contributed by atoms with Gasteiger partial charge in [0.05, 0.1) is 17.8 Å². The number of halogens is 3. The van der Waals surface area contributed by atoms with Gasteiger partial charge in [-0.15, -0.1) is 0 Å². The van der Waals surface area contributed by atoms with Gasteiger partial charge in [0.1, 0.15) is 11.6 Å². The zero-order valence-electron chi connectivity index (χ0n) is 14.2. The zero-order chi connectivity index (χ0) is 19.6. The van der Waals surface area contributed by atoms with E-state index in [1.54, 1.807) is 24.3 Å². The molecule has 1 aliphatic rings. The highest BCUT2D eigenvalue weighted by molar-refractivity contribution is 9.10. The highest BCUT2D eigenvalue weighted by Gasteiger charge is 2.29. The van der Waals surface area contributed by atoms with Crippen molar-refractivity contribution in [3.8, 4) is 5.75 Å². The topological polar surface area (TPSA) is 67.4 Å². The molecule has 0 radical (unpaired) electrons. The van der Waals surface area contributed by atoms with Gasteiger partial charge in [-0.05, 0) is 39.7 Å². The van der Waals surface area contributed by atoms with Crippen molar-refractivity contribution in [2.75, 3.05) is 12.4 Å². The molecular weight excluding hydrogens is 439 g/mol. The number of methoxy groups -OCH3 is 1. The molecule has 1 atom stereocenters. The van der Waals surface area contributed by atoms with Crippen molar-refractivity contribution in [2.45, 2.75) is 12.3 Å². The third kappa shape index (κ3) is 4.31. The molecule has 0 spiro atoms. The third-order valence-electron chi connectivity index (χ3n) is 4.16. The van der Waals surface area contributed by atoms with Gasteiger partial charge < -0.3 is 15.4 Å². The summed E-state index contributed by atoms with van der Waals surface area (Å²) < 4.78 is 19.4. The Kier molecular flexibility index (Phi) is 5.82. The number of carbonyl (C=O) groups excluding carboxylic acids is 2. The Balaban J connectivity index is 1.91. The van der Waals surface area contributed by atoms with Crippen molar-refractivity contribution in [1.82, 2.24) is 5.32 Å². The van der Waals surface area contributed by atoms with Crippen LogP contribution in [0.2, 0.25) is 5.02 Å². The minimum absolute atomic E-state index is 0.0494. The number of anilines is 1. The quantitative estimate of drug-likeness (QED) is 0.722. The fourth-order valence-electron chi connectivity index (χ4n) is 2.83. The third-order valence-corrected chi connectivity index (χ3v) is 5.11. The second-order valence-corrected chi connectivity index (χ2v) is 7.16. The van der Waals surface area contributed by atoms with Crippen LogP contribution < -0.4 is 15.4 Å². The van der Waals surface area contributed by atoms with E-state index >= 15 is 0 Å². The van der Waals surface area contributed by atoms with Crippen molar-refractivity contribution in [3.05, 3.63) is 69.0 Å². The number of hydrogen-bond donors (Lipinski definition) is 2. The summed E-state index contributed by atoms with van der Waals surface area (Å²) in [6.45, 7) is 0. The monoisotopic (exact) mass is 452 g/mol. The van der Waals surface area contributed by atoms with E-state index in [0.29, 0.717) is 32.1 Å². The first-order chi connectivity index (χ1) is 12.9. The van der Waals surface area contributed by atoms with Gasteiger partial charge in [-0.25, -0.2) is 4.39 Å². The molecule has 0 saturated carbocycles. The van der Waals surface area contributed by atoms with E-state index in [1.807, 2.05) is 0 Å². The summed E-state index contributed by atoms with van der Waals surface area (Å²) in [6, 6.07) is 9.07.